The van der Waals surface area contributed by atoms with Crippen molar-refractivity contribution in [2.45, 2.75) is 64.5 Å². The number of sulfonamides is 1. The van der Waals surface area contributed by atoms with Crippen LogP contribution in [0.25, 0.3) is 0 Å². The number of nitrogens with zero attached hydrogens (tertiary/aromatic N) is 1. The van der Waals surface area contributed by atoms with Gasteiger partial charge in [0.05, 0.1) is 6.26 Å². The minimum atomic E-state index is -2.99. The molecule has 1 N–H and O–H groups in total. The Morgan fingerprint density at radius 1 is 1.00 bits per heavy atom. The lowest BCUT2D eigenvalue weighted by atomic mass is 9.75. The second kappa shape index (κ2) is 5.70. The summed E-state index contributed by atoms with van der Waals surface area (Å²) in [7, 11) is -2.99. The Balaban J connectivity index is 1.75. The molecule has 1 heterocycles. The lowest BCUT2D eigenvalue weighted by molar-refractivity contribution is 0.184. The Morgan fingerprint density at radius 2 is 1.47 bits per heavy atom. The quantitative estimate of drug-likeness (QED) is 0.864. The minimum Gasteiger partial charge on any atom is -0.311 e. The zero-order valence-corrected chi connectivity index (χ0v) is 13.3. The van der Waals surface area contributed by atoms with Crippen molar-refractivity contribution in [3.05, 3.63) is 0 Å². The summed E-state index contributed by atoms with van der Waals surface area (Å²) in [5.41, 5.74) is 0.512. The Hall–Kier alpha value is -0.130. The topological polar surface area (TPSA) is 49.4 Å². The minimum absolute atomic E-state index is 0.504. The monoisotopic (exact) mass is 288 g/mol. The molecule has 0 aromatic carbocycles. The largest absolute Gasteiger partial charge is 0.311 e. The van der Waals surface area contributed by atoms with Gasteiger partial charge >= 0.3 is 0 Å². The van der Waals surface area contributed by atoms with Gasteiger partial charge in [0, 0.05) is 25.2 Å². The van der Waals surface area contributed by atoms with Crippen molar-refractivity contribution >= 4 is 10.0 Å². The van der Waals surface area contributed by atoms with E-state index < -0.39 is 10.0 Å². The van der Waals surface area contributed by atoms with Gasteiger partial charge in [-0.15, -0.1) is 0 Å². The average Bonchev–Trinajstić information content (AvgIpc) is 2.31. The van der Waals surface area contributed by atoms with Crippen molar-refractivity contribution in [1.29, 1.82) is 0 Å². The van der Waals surface area contributed by atoms with E-state index in [0.29, 0.717) is 30.6 Å². The summed E-state index contributed by atoms with van der Waals surface area (Å²) in [5, 5.41) is 3.75. The molecule has 4 nitrogen and oxygen atoms in total. The van der Waals surface area contributed by atoms with Crippen LogP contribution in [-0.4, -0.2) is 44.2 Å². The van der Waals surface area contributed by atoms with Gasteiger partial charge in [-0.1, -0.05) is 13.8 Å². The molecule has 0 bridgehead atoms. The lowest BCUT2D eigenvalue weighted by Gasteiger charge is -2.38. The summed E-state index contributed by atoms with van der Waals surface area (Å²) in [5.74, 6) is 0. The molecule has 0 amide bonds. The molecule has 0 atom stereocenters. The molecule has 0 unspecified atom stereocenters. The molecule has 5 heteroatoms. The maximum Gasteiger partial charge on any atom is 0.211 e. The van der Waals surface area contributed by atoms with Crippen LogP contribution in [0.2, 0.25) is 0 Å². The first-order valence-electron chi connectivity index (χ1n) is 7.47. The van der Waals surface area contributed by atoms with Crippen LogP contribution in [0.3, 0.4) is 0 Å². The number of nitrogens with one attached hydrogen (secondary N) is 1. The zero-order valence-electron chi connectivity index (χ0n) is 12.5. The summed E-state index contributed by atoms with van der Waals surface area (Å²) in [6.45, 7) is 6.06. The molecule has 0 aromatic rings. The molecule has 0 aromatic heterocycles. The number of hydrogen-bond acceptors (Lipinski definition) is 3. The first kappa shape index (κ1) is 15.3. The number of rotatable bonds is 3. The van der Waals surface area contributed by atoms with E-state index in [1.807, 2.05) is 0 Å². The third-order valence-electron chi connectivity index (χ3n) is 4.73. The Kier molecular flexibility index (Phi) is 4.58. The van der Waals surface area contributed by atoms with Gasteiger partial charge in [0.1, 0.15) is 0 Å². The van der Waals surface area contributed by atoms with Crippen LogP contribution in [0.15, 0.2) is 0 Å². The van der Waals surface area contributed by atoms with Crippen LogP contribution < -0.4 is 5.32 Å². The fourth-order valence-electron chi connectivity index (χ4n) is 3.25. The van der Waals surface area contributed by atoms with Gasteiger partial charge in [-0.05, 0) is 43.9 Å². The number of piperidine rings is 1. The van der Waals surface area contributed by atoms with Gasteiger partial charge in [0.15, 0.2) is 0 Å². The summed E-state index contributed by atoms with van der Waals surface area (Å²) in [6.07, 6.45) is 8.34. The maximum atomic E-state index is 11.5. The zero-order chi connectivity index (χ0) is 14.1. The smallest absolute Gasteiger partial charge is 0.211 e. The normalized spacial score (nSPS) is 27.5. The summed E-state index contributed by atoms with van der Waals surface area (Å²) in [4.78, 5) is 0. The maximum absolute atomic E-state index is 11.5. The molecule has 2 rings (SSSR count). The van der Waals surface area contributed by atoms with Crippen molar-refractivity contribution in [2.75, 3.05) is 19.3 Å². The second-order valence-electron chi connectivity index (χ2n) is 7.04. The van der Waals surface area contributed by atoms with Crippen LogP contribution >= 0.6 is 0 Å². The molecule has 1 saturated heterocycles. The van der Waals surface area contributed by atoms with E-state index in [9.17, 15) is 8.42 Å². The molecule has 0 spiro atoms. The fraction of sp³-hybridized carbons (Fsp3) is 1.00. The molecule has 0 radical (unpaired) electrons. The van der Waals surface area contributed by atoms with Crippen LogP contribution in [0.5, 0.6) is 0 Å². The predicted molar refractivity (Wildman–Crippen MR) is 78.6 cm³/mol. The Labute approximate surface area is 118 Å². The lowest BCUT2D eigenvalue weighted by Crippen LogP contribution is -2.48. The molecular formula is C14H28N2O2S. The first-order valence-corrected chi connectivity index (χ1v) is 9.32. The Bertz CT molecular complexity index is 388. The van der Waals surface area contributed by atoms with E-state index in [-0.39, 0.29) is 0 Å². The van der Waals surface area contributed by atoms with Crippen molar-refractivity contribution in [3.63, 3.8) is 0 Å². The SMILES string of the molecule is CC1(C)CCC(NC2CCN(S(C)(=O)=O)CC2)CC1. The van der Waals surface area contributed by atoms with E-state index in [0.717, 1.165) is 12.8 Å². The van der Waals surface area contributed by atoms with Gasteiger partial charge in [-0.2, -0.15) is 0 Å². The highest BCUT2D eigenvalue weighted by Gasteiger charge is 2.30. The van der Waals surface area contributed by atoms with Gasteiger partial charge < -0.3 is 5.32 Å². The van der Waals surface area contributed by atoms with Gasteiger partial charge in [0.25, 0.3) is 0 Å². The van der Waals surface area contributed by atoms with Gasteiger partial charge in [-0.25, -0.2) is 12.7 Å². The van der Waals surface area contributed by atoms with Crippen LogP contribution in [0, 0.1) is 5.41 Å². The third kappa shape index (κ3) is 4.43. The predicted octanol–water partition coefficient (Wildman–Crippen LogP) is 1.97. The highest BCUT2D eigenvalue weighted by Crippen LogP contribution is 2.35. The highest BCUT2D eigenvalue weighted by molar-refractivity contribution is 7.88. The van der Waals surface area contributed by atoms with E-state index in [4.69, 9.17) is 0 Å². The second-order valence-corrected chi connectivity index (χ2v) is 9.02. The molecule has 2 fully saturated rings. The first-order chi connectivity index (χ1) is 8.76. The van der Waals surface area contributed by atoms with E-state index in [1.54, 1.807) is 4.31 Å². The third-order valence-corrected chi connectivity index (χ3v) is 6.04. The number of hydrogen-bond donors (Lipinski definition) is 1. The van der Waals surface area contributed by atoms with Crippen molar-refractivity contribution in [2.24, 2.45) is 5.41 Å². The van der Waals surface area contributed by atoms with E-state index >= 15 is 0 Å². The van der Waals surface area contributed by atoms with E-state index in [1.165, 1.54) is 31.9 Å². The Morgan fingerprint density at radius 3 is 1.95 bits per heavy atom. The van der Waals surface area contributed by atoms with E-state index in [2.05, 4.69) is 19.2 Å². The average molecular weight is 288 g/mol. The molecule has 1 aliphatic carbocycles. The summed E-state index contributed by atoms with van der Waals surface area (Å²) in [6, 6.07) is 1.15. The summed E-state index contributed by atoms with van der Waals surface area (Å²) < 4.78 is 24.5. The van der Waals surface area contributed by atoms with Crippen molar-refractivity contribution in [3.8, 4) is 0 Å². The summed E-state index contributed by atoms with van der Waals surface area (Å²) >= 11 is 0. The van der Waals surface area contributed by atoms with Crippen molar-refractivity contribution < 1.29 is 8.42 Å². The molecule has 112 valence electrons. The van der Waals surface area contributed by atoms with Gasteiger partial charge in [-0.3, -0.25) is 0 Å². The van der Waals surface area contributed by atoms with Crippen LogP contribution in [-0.2, 0) is 10.0 Å². The van der Waals surface area contributed by atoms with Crippen molar-refractivity contribution in [1.82, 2.24) is 9.62 Å². The molecular weight excluding hydrogens is 260 g/mol. The van der Waals surface area contributed by atoms with Crippen LogP contribution in [0.1, 0.15) is 52.4 Å². The molecule has 19 heavy (non-hydrogen) atoms. The highest BCUT2D eigenvalue weighted by atomic mass is 32.2. The van der Waals surface area contributed by atoms with Crippen LogP contribution in [0.4, 0.5) is 0 Å². The molecule has 1 aliphatic heterocycles. The molecule has 2 aliphatic rings. The van der Waals surface area contributed by atoms with Gasteiger partial charge in [0.2, 0.25) is 10.0 Å². The molecule has 1 saturated carbocycles. The fourth-order valence-corrected chi connectivity index (χ4v) is 4.13. The standard InChI is InChI=1S/C14H28N2O2S/c1-14(2)8-4-12(5-9-14)15-13-6-10-16(11-7-13)19(3,17)18/h12-13,15H,4-11H2,1-3H3.